The lowest BCUT2D eigenvalue weighted by molar-refractivity contribution is -0.143. The van der Waals surface area contributed by atoms with Gasteiger partial charge in [0.15, 0.2) is 17.4 Å². The number of halogens is 2. The van der Waals surface area contributed by atoms with Gasteiger partial charge in [-0.05, 0) is 24.6 Å². The van der Waals surface area contributed by atoms with Crippen LogP contribution in [0.3, 0.4) is 0 Å². The summed E-state index contributed by atoms with van der Waals surface area (Å²) in [6, 6.07) is 2.83. The topological polar surface area (TPSA) is 69.4 Å². The van der Waals surface area contributed by atoms with Crippen LogP contribution in [0.25, 0.3) is 0 Å². The summed E-state index contributed by atoms with van der Waals surface area (Å²) in [5.74, 6) is -4.04. The molecule has 6 heteroatoms. The summed E-state index contributed by atoms with van der Waals surface area (Å²) in [7, 11) is 1.17. The van der Waals surface area contributed by atoms with Crippen LogP contribution in [0.2, 0.25) is 0 Å². The van der Waals surface area contributed by atoms with Crippen molar-refractivity contribution in [3.8, 4) is 0 Å². The maximum absolute atomic E-state index is 13.0. The van der Waals surface area contributed by atoms with Gasteiger partial charge in [-0.15, -0.1) is 0 Å². The Morgan fingerprint density at radius 1 is 1.39 bits per heavy atom. The van der Waals surface area contributed by atoms with E-state index in [0.717, 1.165) is 18.2 Å². The number of ketones is 1. The van der Waals surface area contributed by atoms with E-state index in [2.05, 4.69) is 4.74 Å². The van der Waals surface area contributed by atoms with Gasteiger partial charge in [-0.3, -0.25) is 9.59 Å². The maximum atomic E-state index is 13.0. The molecule has 2 atom stereocenters. The van der Waals surface area contributed by atoms with E-state index in [1.165, 1.54) is 7.11 Å². The van der Waals surface area contributed by atoms with E-state index in [4.69, 9.17) is 5.73 Å². The van der Waals surface area contributed by atoms with Crippen LogP contribution in [0.5, 0.6) is 0 Å². The van der Waals surface area contributed by atoms with Crippen molar-refractivity contribution < 1.29 is 23.1 Å². The lowest BCUT2D eigenvalue weighted by Crippen LogP contribution is -2.38. The molecule has 1 aliphatic rings. The molecular formula is C12H11F2NO3. The molecule has 18 heavy (non-hydrogen) atoms. The fourth-order valence-corrected chi connectivity index (χ4v) is 1.87. The lowest BCUT2D eigenvalue weighted by Gasteiger charge is -2.08. The molecule has 2 unspecified atom stereocenters. The molecular weight excluding hydrogens is 244 g/mol. The number of nitrogens with two attached hydrogens (primary N) is 1. The summed E-state index contributed by atoms with van der Waals surface area (Å²) in [6.07, 6.45) is 0.150. The molecule has 2 N–H and O–H groups in total. The van der Waals surface area contributed by atoms with Crippen LogP contribution in [0, 0.1) is 17.6 Å². The van der Waals surface area contributed by atoms with Gasteiger partial charge in [0.05, 0.1) is 13.0 Å². The number of benzene rings is 1. The molecule has 1 saturated carbocycles. The minimum Gasteiger partial charge on any atom is -0.468 e. The van der Waals surface area contributed by atoms with E-state index >= 15 is 0 Å². The highest BCUT2D eigenvalue weighted by Crippen LogP contribution is 2.44. The van der Waals surface area contributed by atoms with Crippen LogP contribution in [-0.4, -0.2) is 24.4 Å². The van der Waals surface area contributed by atoms with Crippen LogP contribution in [0.1, 0.15) is 16.8 Å². The van der Waals surface area contributed by atoms with Gasteiger partial charge in [0.1, 0.15) is 5.54 Å². The number of ether oxygens (including phenoxy) is 1. The Kier molecular flexibility index (Phi) is 2.90. The Labute approximate surface area is 102 Å². The van der Waals surface area contributed by atoms with Gasteiger partial charge in [0.25, 0.3) is 0 Å². The molecule has 1 aromatic carbocycles. The van der Waals surface area contributed by atoms with Crippen molar-refractivity contribution in [3.05, 3.63) is 35.4 Å². The first-order valence-electron chi connectivity index (χ1n) is 5.26. The van der Waals surface area contributed by atoms with Gasteiger partial charge in [0, 0.05) is 5.56 Å². The third-order valence-electron chi connectivity index (χ3n) is 3.09. The number of Topliss-reactive ketones (excluding diaryl/α,β-unsaturated/α-hetero) is 1. The minimum atomic E-state index is -1.34. The van der Waals surface area contributed by atoms with Crippen molar-refractivity contribution in [1.29, 1.82) is 0 Å². The molecule has 1 aliphatic carbocycles. The highest BCUT2D eigenvalue weighted by Gasteiger charge is 2.62. The number of carbonyl (C=O) groups is 2. The van der Waals surface area contributed by atoms with E-state index in [-0.39, 0.29) is 12.0 Å². The largest absolute Gasteiger partial charge is 0.468 e. The van der Waals surface area contributed by atoms with Gasteiger partial charge < -0.3 is 10.5 Å². The number of methoxy groups -OCH3 is 1. The van der Waals surface area contributed by atoms with Crippen molar-refractivity contribution in [3.63, 3.8) is 0 Å². The third-order valence-corrected chi connectivity index (χ3v) is 3.09. The molecule has 1 fully saturated rings. The van der Waals surface area contributed by atoms with E-state index in [9.17, 15) is 18.4 Å². The van der Waals surface area contributed by atoms with E-state index in [1.807, 2.05) is 0 Å². The number of hydrogen-bond donors (Lipinski definition) is 1. The number of esters is 1. The zero-order chi connectivity index (χ0) is 13.5. The highest BCUT2D eigenvalue weighted by atomic mass is 19.2. The molecule has 0 aliphatic heterocycles. The standard InChI is InChI=1S/C12H11F2NO3/c1-18-11(17)12(15)5-7(12)10(16)6-2-3-8(13)9(14)4-6/h2-4,7H,5,15H2,1H3. The Morgan fingerprint density at radius 3 is 2.61 bits per heavy atom. The molecule has 1 aromatic rings. The number of rotatable bonds is 3. The molecule has 2 rings (SSSR count). The Bertz CT molecular complexity index is 532. The van der Waals surface area contributed by atoms with Gasteiger partial charge in [0.2, 0.25) is 0 Å². The fourth-order valence-electron chi connectivity index (χ4n) is 1.87. The first-order chi connectivity index (χ1) is 8.40. The van der Waals surface area contributed by atoms with E-state index < -0.39 is 34.8 Å². The van der Waals surface area contributed by atoms with Crippen LogP contribution in [0.4, 0.5) is 8.78 Å². The molecule has 0 amide bonds. The summed E-state index contributed by atoms with van der Waals surface area (Å²) < 4.78 is 30.2. The summed E-state index contributed by atoms with van der Waals surface area (Å²) in [6.45, 7) is 0. The predicted molar refractivity (Wildman–Crippen MR) is 57.7 cm³/mol. The molecule has 0 saturated heterocycles. The van der Waals surface area contributed by atoms with E-state index in [1.54, 1.807) is 0 Å². The zero-order valence-electron chi connectivity index (χ0n) is 9.57. The summed E-state index contributed by atoms with van der Waals surface area (Å²) >= 11 is 0. The molecule has 0 spiro atoms. The van der Waals surface area contributed by atoms with Gasteiger partial charge >= 0.3 is 5.97 Å². The maximum Gasteiger partial charge on any atom is 0.326 e. The molecule has 0 bridgehead atoms. The van der Waals surface area contributed by atoms with Crippen molar-refractivity contribution in [1.82, 2.24) is 0 Å². The first kappa shape index (κ1) is 12.6. The van der Waals surface area contributed by atoms with Crippen molar-refractivity contribution in [2.24, 2.45) is 11.7 Å². The number of hydrogen-bond acceptors (Lipinski definition) is 4. The highest BCUT2D eigenvalue weighted by molar-refractivity contribution is 6.06. The quantitative estimate of drug-likeness (QED) is 0.647. The summed E-state index contributed by atoms with van der Waals surface area (Å²) in [5, 5.41) is 0. The third kappa shape index (κ3) is 1.88. The van der Waals surface area contributed by atoms with Gasteiger partial charge in [-0.1, -0.05) is 0 Å². The SMILES string of the molecule is COC(=O)C1(N)CC1C(=O)c1ccc(F)c(F)c1. The predicted octanol–water partition coefficient (Wildman–Crippen LogP) is 1.04. The monoisotopic (exact) mass is 255 g/mol. The molecule has 0 radical (unpaired) electrons. The lowest BCUT2D eigenvalue weighted by atomic mass is 10.0. The van der Waals surface area contributed by atoms with Crippen molar-refractivity contribution in [2.45, 2.75) is 12.0 Å². The first-order valence-corrected chi connectivity index (χ1v) is 5.26. The zero-order valence-corrected chi connectivity index (χ0v) is 9.57. The average Bonchev–Trinajstić information content (AvgIpc) is 3.04. The Morgan fingerprint density at radius 2 is 2.06 bits per heavy atom. The second-order valence-electron chi connectivity index (χ2n) is 4.28. The molecule has 96 valence electrons. The smallest absolute Gasteiger partial charge is 0.326 e. The fraction of sp³-hybridized carbons (Fsp3) is 0.333. The van der Waals surface area contributed by atoms with Crippen LogP contribution in [-0.2, 0) is 9.53 Å². The Hall–Kier alpha value is -1.82. The minimum absolute atomic E-state index is 0.00451. The van der Waals surface area contributed by atoms with Gasteiger partial charge in [-0.2, -0.15) is 0 Å². The van der Waals surface area contributed by atoms with Crippen LogP contribution in [0.15, 0.2) is 18.2 Å². The normalized spacial score (nSPS) is 25.7. The molecule has 4 nitrogen and oxygen atoms in total. The molecule has 0 heterocycles. The second-order valence-corrected chi connectivity index (χ2v) is 4.28. The average molecular weight is 255 g/mol. The summed E-state index contributed by atoms with van der Waals surface area (Å²) in [4.78, 5) is 23.3. The Balaban J connectivity index is 2.19. The van der Waals surface area contributed by atoms with Crippen molar-refractivity contribution in [2.75, 3.05) is 7.11 Å². The van der Waals surface area contributed by atoms with E-state index in [0.29, 0.717) is 0 Å². The molecule has 0 aromatic heterocycles. The van der Waals surface area contributed by atoms with Crippen LogP contribution < -0.4 is 5.73 Å². The number of carbonyl (C=O) groups excluding carboxylic acids is 2. The van der Waals surface area contributed by atoms with Crippen molar-refractivity contribution >= 4 is 11.8 Å². The van der Waals surface area contributed by atoms with Crippen LogP contribution >= 0.6 is 0 Å². The van der Waals surface area contributed by atoms with Gasteiger partial charge in [-0.25, -0.2) is 8.78 Å². The summed E-state index contributed by atoms with van der Waals surface area (Å²) in [5.41, 5.74) is 4.35. The second kappa shape index (κ2) is 4.13.